The van der Waals surface area contributed by atoms with Crippen molar-refractivity contribution in [1.82, 2.24) is 25.0 Å². The van der Waals surface area contributed by atoms with Gasteiger partial charge in [-0.3, -0.25) is 9.05 Å². The average Bonchev–Trinajstić information content (AvgIpc) is 1.96. The van der Waals surface area contributed by atoms with Crippen molar-refractivity contribution in [2.24, 2.45) is 0 Å². The highest BCUT2D eigenvalue weighted by atomic mass is 31.2. The Hall–Kier alpha value is -7.94. The fourth-order valence-corrected chi connectivity index (χ4v) is 11.2. The maximum Gasteiger partial charge on any atom is 0.406 e. The van der Waals surface area contributed by atoms with E-state index in [1.165, 1.54) is 0 Å². The van der Waals surface area contributed by atoms with Crippen LogP contribution in [0.3, 0.4) is 0 Å². The van der Waals surface area contributed by atoms with Gasteiger partial charge in [-0.05, 0) is 89.1 Å². The van der Waals surface area contributed by atoms with E-state index in [0.29, 0.717) is 61.8 Å². The molecule has 3 aromatic heterocycles. The molecule has 9 nitrogen and oxygen atoms in total. The summed E-state index contributed by atoms with van der Waals surface area (Å²) in [6.45, 7) is 6.39. The van der Waals surface area contributed by atoms with E-state index < -0.39 is 226 Å². The minimum absolute atomic E-state index is 0.109. The molecule has 29 heteroatoms. The number of hydrogen-bond acceptors (Lipinski definition) is 6. The standard InChI is InChI=1S/C56H38F19N6O3P/c1-19(2)83-85(82,84-20(3)4)77-18-8-6-5-7-17-76-56-54(74)43(63)36(44(64)55(56)75)32-27-15-13-25(80-27)30(34-39(59)47(67)52(72)48(68)40(34)60)23-11-9-21(78-23)29(33-37(57)45(65)51(71)46(66)38(33)58)22-10-12-24(79-22)31(26-14-16-28(32)81-26)35-41(61)49(69)53(73)50(70)42(35)62/h9-16,19-20,76,78,81H,5-8,17-18H2,1-4H3,(H,77,82). The zero-order chi connectivity index (χ0) is 62.0. The van der Waals surface area contributed by atoms with Crippen LogP contribution >= 0.6 is 7.75 Å². The fourth-order valence-electron chi connectivity index (χ4n) is 9.42. The molecule has 0 aliphatic carbocycles. The van der Waals surface area contributed by atoms with Crippen molar-refractivity contribution in [3.05, 3.63) is 158 Å². The molecule has 0 radical (unpaired) electrons. The number of aromatic nitrogens is 4. The molecule has 0 spiro atoms. The third-order valence-corrected chi connectivity index (χ3v) is 15.1. The van der Waals surface area contributed by atoms with Gasteiger partial charge in [-0.1, -0.05) is 12.8 Å². The van der Waals surface area contributed by atoms with E-state index in [4.69, 9.17) is 9.05 Å². The third kappa shape index (κ3) is 11.1. The summed E-state index contributed by atoms with van der Waals surface area (Å²) in [7, 11) is -3.70. The van der Waals surface area contributed by atoms with Gasteiger partial charge in [-0.15, -0.1) is 0 Å². The summed E-state index contributed by atoms with van der Waals surface area (Å²) in [5, 5.41) is 4.99. The van der Waals surface area contributed by atoms with Gasteiger partial charge in [-0.2, -0.15) is 0 Å². The Morgan fingerprint density at radius 3 is 0.882 bits per heavy atom. The van der Waals surface area contributed by atoms with Crippen LogP contribution in [0, 0.1) is 111 Å². The second-order valence-corrected chi connectivity index (χ2v) is 21.1. The minimum atomic E-state index is -3.70. The molecule has 8 bridgehead atoms. The maximum atomic E-state index is 16.9. The van der Waals surface area contributed by atoms with Crippen LogP contribution in [-0.4, -0.2) is 45.2 Å². The molecule has 85 heavy (non-hydrogen) atoms. The lowest BCUT2D eigenvalue weighted by molar-refractivity contribution is 0.135. The summed E-state index contributed by atoms with van der Waals surface area (Å²) in [5.74, 6) is -47.9. The van der Waals surface area contributed by atoms with Crippen LogP contribution < -0.4 is 10.4 Å². The monoisotopic (exact) mass is 1230 g/mol. The number of nitrogens with one attached hydrogen (secondary N) is 4. The topological polar surface area (TPSA) is 117 Å². The van der Waals surface area contributed by atoms with Crippen molar-refractivity contribution >= 4 is 59.8 Å². The molecule has 0 unspecified atom stereocenters. The number of nitrogens with zero attached hydrogens (tertiary/aromatic N) is 2. The molecule has 5 heterocycles. The van der Waals surface area contributed by atoms with Crippen molar-refractivity contribution in [3.63, 3.8) is 0 Å². The third-order valence-electron chi connectivity index (χ3n) is 13.1. The lowest BCUT2D eigenvalue weighted by Crippen LogP contribution is -2.20. The molecule has 0 fully saturated rings. The Morgan fingerprint density at radius 1 is 0.365 bits per heavy atom. The average molecular weight is 1230 g/mol. The van der Waals surface area contributed by atoms with Gasteiger partial charge in [0.2, 0.25) is 17.5 Å². The molecule has 0 atom stereocenters. The SMILES string of the molecule is CC(C)OP(=O)(NCCCCCCNc1c(F)c(F)c(-c2c3nc(c(-c4c(F)c(F)c(F)c(F)c4F)c4ccc([nH]4)c(-c4c(F)c(F)c(F)c(F)c4F)c4nc(c(-c5c(F)c(F)c(F)c(F)c5F)c5ccc2[nH]5)C=C4)C=C3)c(F)c1F)OC(C)C. The number of aromatic amines is 2. The van der Waals surface area contributed by atoms with Gasteiger partial charge in [-0.25, -0.2) is 103 Å². The maximum absolute atomic E-state index is 16.9. The highest BCUT2D eigenvalue weighted by molar-refractivity contribution is 7.51. The molecule has 0 saturated heterocycles. The number of benzene rings is 4. The van der Waals surface area contributed by atoms with Crippen molar-refractivity contribution in [1.29, 1.82) is 0 Å². The van der Waals surface area contributed by atoms with E-state index >= 15 is 70.2 Å². The van der Waals surface area contributed by atoms with Crippen molar-refractivity contribution in [3.8, 4) is 44.5 Å². The first-order chi connectivity index (χ1) is 40.1. The van der Waals surface area contributed by atoms with Crippen molar-refractivity contribution < 1.29 is 97.0 Å². The molecular formula is C56H38F19N6O3P. The van der Waals surface area contributed by atoms with Gasteiger partial charge in [0.05, 0.1) is 57.2 Å². The van der Waals surface area contributed by atoms with Crippen LogP contribution in [0.1, 0.15) is 76.2 Å². The van der Waals surface area contributed by atoms with Gasteiger partial charge in [0.25, 0.3) is 0 Å². The summed E-state index contributed by atoms with van der Waals surface area (Å²) in [4.78, 5) is 12.8. The van der Waals surface area contributed by atoms with Crippen LogP contribution in [0.5, 0.6) is 0 Å². The second kappa shape index (κ2) is 23.8. The first kappa shape index (κ1) is 61.6. The summed E-state index contributed by atoms with van der Waals surface area (Å²) >= 11 is 0. The van der Waals surface area contributed by atoms with E-state index in [-0.39, 0.29) is 19.5 Å². The van der Waals surface area contributed by atoms with Gasteiger partial charge in [0, 0.05) is 57.4 Å². The number of anilines is 1. The molecule has 2 aliphatic rings. The Morgan fingerprint density at radius 2 is 0.612 bits per heavy atom. The number of fused-ring (bicyclic) bond motifs is 8. The molecule has 448 valence electrons. The molecule has 2 aliphatic heterocycles. The molecule has 4 aromatic carbocycles. The highest BCUT2D eigenvalue weighted by Crippen LogP contribution is 2.48. The Kier molecular flexibility index (Phi) is 17.3. The summed E-state index contributed by atoms with van der Waals surface area (Å²) in [6, 6.07) is 2.74. The first-order valence-electron chi connectivity index (χ1n) is 25.1. The molecule has 0 amide bonds. The Labute approximate surface area is 466 Å². The minimum Gasteiger partial charge on any atom is -0.380 e. The highest BCUT2D eigenvalue weighted by Gasteiger charge is 2.36. The Balaban J connectivity index is 1.31. The molecule has 0 saturated carbocycles. The van der Waals surface area contributed by atoms with Crippen LogP contribution in [0.25, 0.3) is 90.9 Å². The number of H-pyrrole nitrogens is 2. The number of rotatable bonds is 17. The Bertz CT molecular complexity index is 4020. The van der Waals surface area contributed by atoms with E-state index in [1.807, 2.05) is 0 Å². The quantitative estimate of drug-likeness (QED) is 0.0236. The largest absolute Gasteiger partial charge is 0.406 e. The molecular weight excluding hydrogens is 1200 g/mol. The lowest BCUT2D eigenvalue weighted by Gasteiger charge is -2.23. The second-order valence-electron chi connectivity index (χ2n) is 19.4. The zero-order valence-corrected chi connectivity index (χ0v) is 44.7. The fraction of sp³-hybridized carbons (Fsp3) is 0.214. The molecule has 7 aromatic rings. The van der Waals surface area contributed by atoms with Crippen LogP contribution in [-0.2, 0) is 13.6 Å². The summed E-state index contributed by atoms with van der Waals surface area (Å²) < 4.78 is 321. The van der Waals surface area contributed by atoms with Gasteiger partial charge in [0.15, 0.2) is 93.1 Å². The summed E-state index contributed by atoms with van der Waals surface area (Å²) in [6.07, 6.45) is 2.93. The van der Waals surface area contributed by atoms with Gasteiger partial charge in [0.1, 0.15) is 5.69 Å². The predicted molar refractivity (Wildman–Crippen MR) is 275 cm³/mol. The van der Waals surface area contributed by atoms with E-state index in [1.54, 1.807) is 27.7 Å². The lowest BCUT2D eigenvalue weighted by atomic mass is 10.0. The van der Waals surface area contributed by atoms with E-state index in [2.05, 4.69) is 30.3 Å². The van der Waals surface area contributed by atoms with E-state index in [9.17, 15) is 17.7 Å². The predicted octanol–water partition coefficient (Wildman–Crippen LogP) is 17.5. The van der Waals surface area contributed by atoms with Crippen molar-refractivity contribution in [2.45, 2.75) is 65.6 Å². The van der Waals surface area contributed by atoms with E-state index in [0.717, 1.165) is 6.07 Å². The molecule has 4 N–H and O–H groups in total. The van der Waals surface area contributed by atoms with Crippen LogP contribution in [0.15, 0.2) is 24.3 Å². The number of halogens is 19. The van der Waals surface area contributed by atoms with Crippen LogP contribution in [0.4, 0.5) is 89.1 Å². The van der Waals surface area contributed by atoms with Crippen LogP contribution in [0.2, 0.25) is 0 Å². The van der Waals surface area contributed by atoms with Crippen molar-refractivity contribution in [2.75, 3.05) is 18.4 Å². The number of hydrogen-bond donors (Lipinski definition) is 4. The first-order valence-corrected chi connectivity index (χ1v) is 26.7. The normalized spacial score (nSPS) is 12.5. The molecule has 9 rings (SSSR count). The van der Waals surface area contributed by atoms with Gasteiger partial charge >= 0.3 is 7.75 Å². The number of unbranched alkanes of at least 4 members (excludes halogenated alkanes) is 3. The van der Waals surface area contributed by atoms with Gasteiger partial charge < -0.3 is 15.3 Å². The summed E-state index contributed by atoms with van der Waals surface area (Å²) in [5.41, 5.74) is -21.0. The zero-order valence-electron chi connectivity index (χ0n) is 43.8. The smallest absolute Gasteiger partial charge is 0.380 e.